The number of aromatic nitrogens is 5. The SMILES string of the molecule is Cn1cc(-n2ccc3nc(Cc4cc(C(=O)N5CCCCC5)cs4)nc(O[C@H]4CCOC4)c32)cn1. The zero-order valence-electron chi connectivity index (χ0n) is 19.7. The van der Waals surface area contributed by atoms with Crippen molar-refractivity contribution < 1.29 is 14.3 Å². The minimum atomic E-state index is -0.0336. The number of rotatable bonds is 6. The molecule has 0 N–H and O–H groups in total. The van der Waals surface area contributed by atoms with Gasteiger partial charge in [-0.25, -0.2) is 4.98 Å². The second-order valence-electron chi connectivity index (χ2n) is 9.17. The standard InChI is InChI=1S/C25H28N6O3S/c1-29-14-18(13-26-29)31-9-5-21-23(31)24(34-19-6-10-33-15-19)28-22(27-21)12-20-11-17(16-35-20)25(32)30-7-3-2-4-8-30/h5,9,11,13-14,16,19H,2-4,6-8,10,12,15H2,1H3/t19-/m0/s1. The Morgan fingerprint density at radius 2 is 2.14 bits per heavy atom. The maximum absolute atomic E-state index is 12.9. The first-order valence-corrected chi connectivity index (χ1v) is 13.0. The van der Waals surface area contributed by atoms with E-state index in [1.807, 2.05) is 52.6 Å². The number of carbonyl (C=O) groups is 1. The predicted molar refractivity (Wildman–Crippen MR) is 132 cm³/mol. The molecule has 0 bridgehead atoms. The van der Waals surface area contributed by atoms with Crippen LogP contribution >= 0.6 is 11.3 Å². The number of thiophene rings is 1. The number of nitrogens with zero attached hydrogens (tertiary/aromatic N) is 6. The Hall–Kier alpha value is -3.24. The number of amides is 1. The van der Waals surface area contributed by atoms with Gasteiger partial charge in [-0.3, -0.25) is 9.48 Å². The van der Waals surface area contributed by atoms with Crippen LogP contribution in [0.2, 0.25) is 0 Å². The van der Waals surface area contributed by atoms with Gasteiger partial charge in [0.1, 0.15) is 17.4 Å². The second kappa shape index (κ2) is 9.43. The van der Waals surface area contributed by atoms with E-state index < -0.39 is 0 Å². The van der Waals surface area contributed by atoms with E-state index in [2.05, 4.69) is 5.10 Å². The van der Waals surface area contributed by atoms with E-state index in [4.69, 9.17) is 19.4 Å². The van der Waals surface area contributed by atoms with Gasteiger partial charge in [0, 0.05) is 55.6 Å². The van der Waals surface area contributed by atoms with Crippen molar-refractivity contribution in [1.29, 1.82) is 0 Å². The number of piperidine rings is 1. The third kappa shape index (κ3) is 4.55. The first-order valence-electron chi connectivity index (χ1n) is 12.1. The highest BCUT2D eigenvalue weighted by Crippen LogP contribution is 2.30. The molecule has 0 aromatic carbocycles. The van der Waals surface area contributed by atoms with Gasteiger partial charge in [-0.1, -0.05) is 0 Å². The van der Waals surface area contributed by atoms with Crippen LogP contribution in [0.25, 0.3) is 16.7 Å². The molecular weight excluding hydrogens is 464 g/mol. The monoisotopic (exact) mass is 492 g/mol. The molecule has 2 aliphatic heterocycles. The number of hydrogen-bond donors (Lipinski definition) is 0. The Bertz CT molecular complexity index is 1350. The van der Waals surface area contributed by atoms with Crippen LogP contribution in [0.15, 0.2) is 36.1 Å². The van der Waals surface area contributed by atoms with E-state index in [9.17, 15) is 4.79 Å². The zero-order valence-corrected chi connectivity index (χ0v) is 20.5. The minimum Gasteiger partial charge on any atom is -0.470 e. The molecule has 2 saturated heterocycles. The van der Waals surface area contributed by atoms with Gasteiger partial charge >= 0.3 is 0 Å². The maximum Gasteiger partial charge on any atom is 0.254 e. The summed E-state index contributed by atoms with van der Waals surface area (Å²) in [6.45, 7) is 2.95. The van der Waals surface area contributed by atoms with Crippen molar-refractivity contribution in [1.82, 2.24) is 29.2 Å². The summed E-state index contributed by atoms with van der Waals surface area (Å²) in [5, 5.41) is 6.26. The van der Waals surface area contributed by atoms with Crippen LogP contribution in [0.1, 0.15) is 46.7 Å². The van der Waals surface area contributed by atoms with Crippen LogP contribution in [0, 0.1) is 0 Å². The predicted octanol–water partition coefficient (Wildman–Crippen LogP) is 3.60. The molecule has 182 valence electrons. The maximum atomic E-state index is 12.9. The number of aryl methyl sites for hydroxylation is 1. The van der Waals surface area contributed by atoms with Crippen LogP contribution in [-0.2, 0) is 18.2 Å². The molecule has 2 aliphatic rings. The van der Waals surface area contributed by atoms with E-state index in [-0.39, 0.29) is 12.0 Å². The highest BCUT2D eigenvalue weighted by Gasteiger charge is 2.23. The summed E-state index contributed by atoms with van der Waals surface area (Å²) in [6, 6.07) is 3.96. The largest absolute Gasteiger partial charge is 0.470 e. The summed E-state index contributed by atoms with van der Waals surface area (Å²) in [4.78, 5) is 25.6. The van der Waals surface area contributed by atoms with Gasteiger partial charge in [0.05, 0.1) is 36.2 Å². The Balaban J connectivity index is 1.30. The van der Waals surface area contributed by atoms with E-state index in [1.165, 1.54) is 6.42 Å². The summed E-state index contributed by atoms with van der Waals surface area (Å²) in [5.74, 6) is 1.35. The van der Waals surface area contributed by atoms with Crippen LogP contribution in [0.5, 0.6) is 5.88 Å². The molecule has 1 amide bonds. The lowest BCUT2D eigenvalue weighted by atomic mass is 10.1. The third-order valence-electron chi connectivity index (χ3n) is 6.56. The fourth-order valence-corrected chi connectivity index (χ4v) is 5.61. The molecule has 4 aromatic rings. The lowest BCUT2D eigenvalue weighted by molar-refractivity contribution is 0.0725. The lowest BCUT2D eigenvalue weighted by Gasteiger charge is -2.26. The molecule has 2 fully saturated rings. The Kier molecular flexibility index (Phi) is 5.99. The summed E-state index contributed by atoms with van der Waals surface area (Å²) in [5.41, 5.74) is 3.32. The summed E-state index contributed by atoms with van der Waals surface area (Å²) < 4.78 is 15.6. The van der Waals surface area contributed by atoms with Crippen molar-refractivity contribution in [2.24, 2.45) is 7.05 Å². The van der Waals surface area contributed by atoms with Crippen molar-refractivity contribution in [3.8, 4) is 11.6 Å². The molecule has 4 aromatic heterocycles. The smallest absolute Gasteiger partial charge is 0.254 e. The molecule has 1 atom stereocenters. The third-order valence-corrected chi connectivity index (χ3v) is 7.50. The first-order chi connectivity index (χ1) is 17.1. The second-order valence-corrected chi connectivity index (χ2v) is 10.2. The average molecular weight is 493 g/mol. The first kappa shape index (κ1) is 22.2. The molecular formula is C25H28N6O3S. The van der Waals surface area contributed by atoms with Crippen LogP contribution < -0.4 is 4.74 Å². The Morgan fingerprint density at radius 1 is 1.26 bits per heavy atom. The molecule has 10 heteroatoms. The van der Waals surface area contributed by atoms with Gasteiger partial charge < -0.3 is 18.9 Å². The van der Waals surface area contributed by atoms with Crippen molar-refractivity contribution in [2.45, 2.75) is 38.2 Å². The number of hydrogen-bond acceptors (Lipinski definition) is 7. The summed E-state index contributed by atoms with van der Waals surface area (Å²) in [7, 11) is 1.89. The zero-order chi connectivity index (χ0) is 23.8. The fourth-order valence-electron chi connectivity index (χ4n) is 4.75. The number of likely N-dealkylation sites (tertiary alicyclic amines) is 1. The van der Waals surface area contributed by atoms with E-state index in [0.29, 0.717) is 31.3 Å². The van der Waals surface area contributed by atoms with E-state index in [0.717, 1.165) is 59.5 Å². The summed E-state index contributed by atoms with van der Waals surface area (Å²) >= 11 is 1.58. The van der Waals surface area contributed by atoms with Crippen molar-refractivity contribution in [2.75, 3.05) is 26.3 Å². The average Bonchev–Trinajstić information content (AvgIpc) is 3.67. The van der Waals surface area contributed by atoms with E-state index >= 15 is 0 Å². The fraction of sp³-hybridized carbons (Fsp3) is 0.440. The molecule has 0 saturated carbocycles. The van der Waals surface area contributed by atoms with Crippen LogP contribution in [-0.4, -0.2) is 67.5 Å². The molecule has 35 heavy (non-hydrogen) atoms. The van der Waals surface area contributed by atoms with Gasteiger partial charge in [0.25, 0.3) is 5.91 Å². The molecule has 0 aliphatic carbocycles. The molecule has 0 radical (unpaired) electrons. The topological polar surface area (TPSA) is 87.3 Å². The van der Waals surface area contributed by atoms with E-state index in [1.54, 1.807) is 16.0 Å². The van der Waals surface area contributed by atoms with Gasteiger partial charge in [-0.2, -0.15) is 10.1 Å². The van der Waals surface area contributed by atoms with Crippen molar-refractivity contribution >= 4 is 28.3 Å². The van der Waals surface area contributed by atoms with Gasteiger partial charge in [-0.05, 0) is 31.4 Å². The highest BCUT2D eigenvalue weighted by molar-refractivity contribution is 7.10. The Morgan fingerprint density at radius 3 is 2.91 bits per heavy atom. The van der Waals surface area contributed by atoms with Gasteiger partial charge in [-0.15, -0.1) is 11.3 Å². The summed E-state index contributed by atoms with van der Waals surface area (Å²) in [6.07, 6.45) is 10.5. The molecule has 9 nitrogen and oxygen atoms in total. The quantitative estimate of drug-likeness (QED) is 0.409. The number of fused-ring (bicyclic) bond motifs is 1. The lowest BCUT2D eigenvalue weighted by Crippen LogP contribution is -2.35. The van der Waals surface area contributed by atoms with Crippen LogP contribution in [0.3, 0.4) is 0 Å². The van der Waals surface area contributed by atoms with Crippen molar-refractivity contribution in [3.63, 3.8) is 0 Å². The highest BCUT2D eigenvalue weighted by atomic mass is 32.1. The van der Waals surface area contributed by atoms with Crippen LogP contribution in [0.4, 0.5) is 0 Å². The van der Waals surface area contributed by atoms with Crippen molar-refractivity contribution in [3.05, 3.63) is 52.4 Å². The molecule has 6 heterocycles. The van der Waals surface area contributed by atoms with Gasteiger partial charge in [0.15, 0.2) is 0 Å². The number of ether oxygens (including phenoxy) is 2. The number of carbonyl (C=O) groups excluding carboxylic acids is 1. The molecule has 0 unspecified atom stereocenters. The van der Waals surface area contributed by atoms with Gasteiger partial charge in [0.2, 0.25) is 5.88 Å². The molecule has 0 spiro atoms. The molecule has 6 rings (SSSR count). The Labute approximate surface area is 207 Å². The minimum absolute atomic E-state index is 0.0336. The normalized spacial score (nSPS) is 18.4.